The Morgan fingerprint density at radius 2 is 1.39 bits per heavy atom. The van der Waals surface area contributed by atoms with Gasteiger partial charge in [0.05, 0.1) is 16.4 Å². The van der Waals surface area contributed by atoms with E-state index in [-0.39, 0.29) is 11.8 Å². The van der Waals surface area contributed by atoms with Gasteiger partial charge in [-0.1, -0.05) is 108 Å². The summed E-state index contributed by atoms with van der Waals surface area (Å²) in [6.07, 6.45) is 23.6. The fraction of sp³-hybridized carbons (Fsp3) is 0.571. The zero-order valence-corrected chi connectivity index (χ0v) is 21.1. The van der Waals surface area contributed by atoms with Crippen LogP contribution in [0.15, 0.2) is 36.4 Å². The maximum absolute atomic E-state index is 10.5. The van der Waals surface area contributed by atoms with Gasteiger partial charge in [0.1, 0.15) is 0 Å². The van der Waals surface area contributed by atoms with Gasteiger partial charge in [0.15, 0.2) is 5.88 Å². The SMILES string of the molecule is CCCCCCCCCCCCCCCC=CCc1cc(O)n(-c2ccc(Cl)c(N)c2)c1O. The number of hydrogen-bond donors (Lipinski definition) is 3. The fourth-order valence-electron chi connectivity index (χ4n) is 4.22. The molecular weight excluding hydrogens is 432 g/mol. The predicted octanol–water partition coefficient (Wildman–Crippen LogP) is 8.70. The van der Waals surface area contributed by atoms with Gasteiger partial charge in [-0.05, 0) is 37.5 Å². The van der Waals surface area contributed by atoms with Crippen molar-refractivity contribution in [3.63, 3.8) is 0 Å². The number of nitrogens with zero attached hydrogens (tertiary/aromatic N) is 1. The summed E-state index contributed by atoms with van der Waals surface area (Å²) in [5.41, 5.74) is 7.51. The monoisotopic (exact) mass is 474 g/mol. The second-order valence-electron chi connectivity index (χ2n) is 9.10. The molecule has 2 rings (SSSR count). The van der Waals surface area contributed by atoms with Gasteiger partial charge >= 0.3 is 0 Å². The topological polar surface area (TPSA) is 71.4 Å². The molecule has 4 N–H and O–H groups in total. The molecule has 1 heterocycles. The van der Waals surface area contributed by atoms with Gasteiger partial charge in [0.25, 0.3) is 0 Å². The smallest absolute Gasteiger partial charge is 0.202 e. The van der Waals surface area contributed by atoms with E-state index in [2.05, 4.69) is 19.1 Å². The van der Waals surface area contributed by atoms with Gasteiger partial charge in [-0.2, -0.15) is 0 Å². The summed E-state index contributed by atoms with van der Waals surface area (Å²) in [6.45, 7) is 2.27. The number of aromatic hydroxyl groups is 2. The second-order valence-corrected chi connectivity index (χ2v) is 9.51. The van der Waals surface area contributed by atoms with Gasteiger partial charge in [-0.25, -0.2) is 0 Å². The van der Waals surface area contributed by atoms with E-state index in [9.17, 15) is 10.2 Å². The molecule has 0 unspecified atom stereocenters. The standard InChI is InChI=1S/C28H43ClN2O2/c1-2-3-4-5-6-7-8-9-10-11-12-13-14-15-16-17-18-23-21-27(32)31(28(23)33)24-19-20-25(29)26(30)22-24/h16-17,19-22,32-33H,2-15,18,30H2,1H3. The van der Waals surface area contributed by atoms with Crippen LogP contribution in [-0.2, 0) is 6.42 Å². The number of anilines is 1. The third kappa shape index (κ3) is 9.75. The Hall–Kier alpha value is -2.07. The van der Waals surface area contributed by atoms with Crippen LogP contribution < -0.4 is 5.73 Å². The van der Waals surface area contributed by atoms with Crippen LogP contribution in [0.5, 0.6) is 11.8 Å². The summed E-state index contributed by atoms with van der Waals surface area (Å²) in [5, 5.41) is 21.3. The Kier molecular flexibility index (Phi) is 12.9. The van der Waals surface area contributed by atoms with Crippen LogP contribution >= 0.6 is 11.6 Å². The van der Waals surface area contributed by atoms with Crippen molar-refractivity contribution in [3.05, 3.63) is 47.0 Å². The largest absolute Gasteiger partial charge is 0.494 e. The lowest BCUT2D eigenvalue weighted by molar-refractivity contribution is 0.401. The summed E-state index contributed by atoms with van der Waals surface area (Å²) in [5.74, 6) is 0.00828. The van der Waals surface area contributed by atoms with Crippen LogP contribution in [0.2, 0.25) is 5.02 Å². The van der Waals surface area contributed by atoms with Gasteiger partial charge in [0.2, 0.25) is 5.88 Å². The molecule has 0 aliphatic heterocycles. The number of halogens is 1. The molecule has 1 aromatic carbocycles. The molecule has 0 aliphatic rings. The molecule has 0 atom stereocenters. The molecule has 0 amide bonds. The molecule has 1 aromatic heterocycles. The molecule has 0 aliphatic carbocycles. The summed E-state index contributed by atoms with van der Waals surface area (Å²) in [6, 6.07) is 6.60. The normalized spacial score (nSPS) is 11.6. The minimum absolute atomic E-state index is 0.0193. The zero-order valence-electron chi connectivity index (χ0n) is 20.4. The lowest BCUT2D eigenvalue weighted by Crippen LogP contribution is -1.95. The lowest BCUT2D eigenvalue weighted by Gasteiger charge is -2.08. The Balaban J connectivity index is 1.57. The highest BCUT2D eigenvalue weighted by atomic mass is 35.5. The molecule has 0 bridgehead atoms. The van der Waals surface area contributed by atoms with Crippen molar-refractivity contribution in [2.45, 2.75) is 103 Å². The Morgan fingerprint density at radius 3 is 1.97 bits per heavy atom. The van der Waals surface area contributed by atoms with E-state index in [1.807, 2.05) is 0 Å². The number of allylic oxidation sites excluding steroid dienone is 2. The number of nitrogens with two attached hydrogens (primary N) is 1. The third-order valence-electron chi connectivity index (χ3n) is 6.25. The summed E-state index contributed by atoms with van der Waals surface area (Å²) < 4.78 is 1.38. The predicted molar refractivity (Wildman–Crippen MR) is 142 cm³/mol. The number of hydrogen-bond acceptors (Lipinski definition) is 3. The number of unbranched alkanes of at least 4 members (excludes halogenated alkanes) is 13. The van der Waals surface area contributed by atoms with Crippen molar-refractivity contribution in [1.29, 1.82) is 0 Å². The first-order valence-electron chi connectivity index (χ1n) is 12.9. The molecule has 33 heavy (non-hydrogen) atoms. The van der Waals surface area contributed by atoms with Crippen molar-refractivity contribution in [1.82, 2.24) is 4.57 Å². The van der Waals surface area contributed by atoms with Gasteiger partial charge in [0, 0.05) is 11.6 Å². The molecule has 4 nitrogen and oxygen atoms in total. The van der Waals surface area contributed by atoms with E-state index in [0.29, 0.717) is 28.4 Å². The lowest BCUT2D eigenvalue weighted by atomic mass is 10.0. The number of nitrogen functional groups attached to an aromatic ring is 1. The molecule has 0 fully saturated rings. The quantitative estimate of drug-likeness (QED) is 0.122. The maximum Gasteiger partial charge on any atom is 0.202 e. The van der Waals surface area contributed by atoms with Crippen LogP contribution in [0.25, 0.3) is 5.69 Å². The van der Waals surface area contributed by atoms with Crippen molar-refractivity contribution in [2.75, 3.05) is 5.73 Å². The van der Waals surface area contributed by atoms with Gasteiger partial charge < -0.3 is 15.9 Å². The second kappa shape index (κ2) is 15.7. The molecular formula is C28H43ClN2O2. The maximum atomic E-state index is 10.5. The van der Waals surface area contributed by atoms with E-state index >= 15 is 0 Å². The molecule has 0 radical (unpaired) electrons. The van der Waals surface area contributed by atoms with Gasteiger partial charge in [-0.3, -0.25) is 4.57 Å². The highest BCUT2D eigenvalue weighted by molar-refractivity contribution is 6.33. The van der Waals surface area contributed by atoms with E-state index < -0.39 is 0 Å². The average molecular weight is 475 g/mol. The molecule has 2 aromatic rings. The molecule has 184 valence electrons. The third-order valence-corrected chi connectivity index (χ3v) is 6.59. The van der Waals surface area contributed by atoms with Gasteiger partial charge in [-0.15, -0.1) is 0 Å². The van der Waals surface area contributed by atoms with Crippen LogP contribution in [0.1, 0.15) is 102 Å². The van der Waals surface area contributed by atoms with E-state index in [1.165, 1.54) is 88.0 Å². The average Bonchev–Trinajstić information content (AvgIpc) is 3.08. The fourth-order valence-corrected chi connectivity index (χ4v) is 4.34. The highest BCUT2D eigenvalue weighted by Gasteiger charge is 2.15. The van der Waals surface area contributed by atoms with Crippen LogP contribution in [0.3, 0.4) is 0 Å². The molecule has 0 spiro atoms. The summed E-state index contributed by atoms with van der Waals surface area (Å²) in [7, 11) is 0. The first kappa shape index (κ1) is 27.2. The van der Waals surface area contributed by atoms with Crippen LogP contribution in [0, 0.1) is 0 Å². The first-order chi connectivity index (χ1) is 16.0. The number of benzene rings is 1. The van der Waals surface area contributed by atoms with Crippen molar-refractivity contribution in [2.24, 2.45) is 0 Å². The van der Waals surface area contributed by atoms with Crippen molar-refractivity contribution >= 4 is 17.3 Å². The minimum Gasteiger partial charge on any atom is -0.494 e. The summed E-state index contributed by atoms with van der Waals surface area (Å²) in [4.78, 5) is 0. The first-order valence-corrected chi connectivity index (χ1v) is 13.2. The van der Waals surface area contributed by atoms with E-state index in [4.69, 9.17) is 17.3 Å². The highest BCUT2D eigenvalue weighted by Crippen LogP contribution is 2.33. The minimum atomic E-state index is -0.0193. The van der Waals surface area contributed by atoms with E-state index in [0.717, 1.165) is 6.42 Å². The van der Waals surface area contributed by atoms with Crippen molar-refractivity contribution < 1.29 is 10.2 Å². The molecule has 0 saturated heterocycles. The van der Waals surface area contributed by atoms with Crippen molar-refractivity contribution in [3.8, 4) is 17.4 Å². The zero-order chi connectivity index (χ0) is 23.9. The Labute approximate surface area is 205 Å². The van der Waals surface area contributed by atoms with E-state index in [1.54, 1.807) is 24.3 Å². The number of aromatic nitrogens is 1. The van der Waals surface area contributed by atoms with Crippen LogP contribution in [-0.4, -0.2) is 14.8 Å². The Morgan fingerprint density at radius 1 is 0.818 bits per heavy atom. The Bertz CT molecular complexity index is 845. The molecule has 0 saturated carbocycles. The molecule has 5 heteroatoms. The van der Waals surface area contributed by atoms with Crippen LogP contribution in [0.4, 0.5) is 5.69 Å². The number of rotatable bonds is 17. The summed E-state index contributed by atoms with van der Waals surface area (Å²) >= 11 is 5.97.